The van der Waals surface area contributed by atoms with Gasteiger partial charge in [-0.25, -0.2) is 9.59 Å². The van der Waals surface area contributed by atoms with Gasteiger partial charge in [0.2, 0.25) is 0 Å². The molecule has 0 atom stereocenters. The number of carboxylic acid groups (broad SMARTS) is 1. The number of hydrogen-bond donors (Lipinski definition) is 2. The van der Waals surface area contributed by atoms with Crippen LogP contribution in [0.5, 0.6) is 0 Å². The lowest BCUT2D eigenvalue weighted by atomic mass is 10.0. The summed E-state index contributed by atoms with van der Waals surface area (Å²) in [5, 5.41) is 11.8. The molecule has 1 aromatic rings. The Balaban J connectivity index is 3.05. The van der Waals surface area contributed by atoms with E-state index in [4.69, 9.17) is 5.11 Å². The minimum atomic E-state index is -0.990. The summed E-state index contributed by atoms with van der Waals surface area (Å²) in [6.45, 7) is 6.02. The van der Waals surface area contributed by atoms with Crippen LogP contribution >= 0.6 is 0 Å². The lowest BCUT2D eigenvalue weighted by Crippen LogP contribution is -2.31. The number of carbonyl (C=O) groups is 2. The van der Waals surface area contributed by atoms with Crippen molar-refractivity contribution in [2.24, 2.45) is 0 Å². The molecule has 0 saturated carbocycles. The number of nitrogens with zero attached hydrogens (tertiary/aromatic N) is 1. The average Bonchev–Trinajstić information content (AvgIpc) is 2.31. The summed E-state index contributed by atoms with van der Waals surface area (Å²) in [5.41, 5.74) is 2.26. The van der Waals surface area contributed by atoms with Crippen molar-refractivity contribution in [1.29, 1.82) is 0 Å². The van der Waals surface area contributed by atoms with E-state index in [9.17, 15) is 9.59 Å². The van der Waals surface area contributed by atoms with Gasteiger partial charge in [0.05, 0.1) is 5.56 Å². The van der Waals surface area contributed by atoms with Gasteiger partial charge < -0.3 is 15.3 Å². The first-order valence-electron chi connectivity index (χ1n) is 5.73. The summed E-state index contributed by atoms with van der Waals surface area (Å²) in [6, 6.07) is 2.99. The maximum absolute atomic E-state index is 11.7. The molecule has 2 amide bonds. The van der Waals surface area contributed by atoms with Crippen molar-refractivity contribution in [3.63, 3.8) is 0 Å². The van der Waals surface area contributed by atoms with Crippen molar-refractivity contribution in [2.45, 2.75) is 20.8 Å². The average molecular weight is 250 g/mol. The molecule has 0 fully saturated rings. The van der Waals surface area contributed by atoms with Gasteiger partial charge in [-0.15, -0.1) is 0 Å². The monoisotopic (exact) mass is 250 g/mol. The fourth-order valence-corrected chi connectivity index (χ4v) is 1.52. The molecule has 1 rings (SSSR count). The van der Waals surface area contributed by atoms with Crippen molar-refractivity contribution >= 4 is 17.7 Å². The highest BCUT2D eigenvalue weighted by Gasteiger charge is 2.13. The largest absolute Gasteiger partial charge is 0.478 e. The first kappa shape index (κ1) is 14.0. The molecule has 0 spiro atoms. The minimum Gasteiger partial charge on any atom is -0.478 e. The fraction of sp³-hybridized carbons (Fsp3) is 0.385. The lowest BCUT2D eigenvalue weighted by Gasteiger charge is -2.16. The van der Waals surface area contributed by atoms with Crippen LogP contribution in [0.3, 0.4) is 0 Å². The van der Waals surface area contributed by atoms with Crippen LogP contribution in [0, 0.1) is 13.8 Å². The second-order valence-electron chi connectivity index (χ2n) is 4.22. The molecule has 1 aromatic carbocycles. The Morgan fingerprint density at radius 3 is 2.44 bits per heavy atom. The van der Waals surface area contributed by atoms with Gasteiger partial charge in [-0.05, 0) is 44.0 Å². The number of carbonyl (C=O) groups excluding carboxylic acids is 1. The van der Waals surface area contributed by atoms with E-state index in [1.165, 1.54) is 11.0 Å². The van der Waals surface area contributed by atoms with Crippen LogP contribution < -0.4 is 5.32 Å². The summed E-state index contributed by atoms with van der Waals surface area (Å²) < 4.78 is 0. The number of hydrogen-bond acceptors (Lipinski definition) is 2. The zero-order valence-corrected chi connectivity index (χ0v) is 11.1. The molecule has 98 valence electrons. The highest BCUT2D eigenvalue weighted by atomic mass is 16.4. The normalized spacial score (nSPS) is 10.0. The summed E-state index contributed by atoms with van der Waals surface area (Å²) in [5.74, 6) is -0.990. The van der Waals surface area contributed by atoms with Gasteiger partial charge in [0.15, 0.2) is 0 Å². The van der Waals surface area contributed by atoms with Gasteiger partial charge >= 0.3 is 12.0 Å². The quantitative estimate of drug-likeness (QED) is 0.865. The van der Waals surface area contributed by atoms with Crippen LogP contribution in [0.15, 0.2) is 12.1 Å². The molecule has 0 unspecified atom stereocenters. The van der Waals surface area contributed by atoms with E-state index in [1.807, 2.05) is 13.8 Å². The van der Waals surface area contributed by atoms with Crippen LogP contribution in [-0.2, 0) is 0 Å². The van der Waals surface area contributed by atoms with Crippen LogP contribution in [0.4, 0.5) is 10.5 Å². The van der Waals surface area contributed by atoms with E-state index < -0.39 is 5.97 Å². The van der Waals surface area contributed by atoms with Crippen molar-refractivity contribution in [1.82, 2.24) is 4.90 Å². The molecule has 0 aliphatic carbocycles. The van der Waals surface area contributed by atoms with Crippen LogP contribution in [0.25, 0.3) is 0 Å². The first-order valence-corrected chi connectivity index (χ1v) is 5.73. The molecule has 18 heavy (non-hydrogen) atoms. The topological polar surface area (TPSA) is 69.6 Å². The highest BCUT2D eigenvalue weighted by molar-refractivity contribution is 5.94. The predicted molar refractivity (Wildman–Crippen MR) is 70.2 cm³/mol. The molecule has 5 heteroatoms. The van der Waals surface area contributed by atoms with Crippen molar-refractivity contribution in [3.8, 4) is 0 Å². The van der Waals surface area contributed by atoms with Crippen molar-refractivity contribution in [3.05, 3.63) is 28.8 Å². The molecular formula is C13H18N2O3. The number of aryl methyl sites for hydroxylation is 1. The van der Waals surface area contributed by atoms with E-state index in [2.05, 4.69) is 5.32 Å². The minimum absolute atomic E-state index is 0.212. The van der Waals surface area contributed by atoms with E-state index in [-0.39, 0.29) is 11.6 Å². The maximum Gasteiger partial charge on any atom is 0.336 e. The summed E-state index contributed by atoms with van der Waals surface area (Å²) >= 11 is 0. The number of urea groups is 1. The van der Waals surface area contributed by atoms with E-state index >= 15 is 0 Å². The van der Waals surface area contributed by atoms with E-state index in [0.717, 1.165) is 5.56 Å². The van der Waals surface area contributed by atoms with E-state index in [1.54, 1.807) is 20.0 Å². The zero-order valence-electron chi connectivity index (χ0n) is 11.1. The number of anilines is 1. The Kier molecular flexibility index (Phi) is 4.31. The summed E-state index contributed by atoms with van der Waals surface area (Å²) in [7, 11) is 1.68. The van der Waals surface area contributed by atoms with Gasteiger partial charge in [0.25, 0.3) is 0 Å². The molecule has 5 nitrogen and oxygen atoms in total. The molecule has 2 N–H and O–H groups in total. The van der Waals surface area contributed by atoms with Gasteiger partial charge in [0, 0.05) is 19.3 Å². The maximum atomic E-state index is 11.7. The molecule has 0 aromatic heterocycles. The molecular weight excluding hydrogens is 232 g/mol. The zero-order chi connectivity index (χ0) is 13.9. The lowest BCUT2D eigenvalue weighted by molar-refractivity contribution is 0.0696. The fourth-order valence-electron chi connectivity index (χ4n) is 1.52. The number of benzene rings is 1. The van der Waals surface area contributed by atoms with Crippen LogP contribution in [-0.4, -0.2) is 35.6 Å². The van der Waals surface area contributed by atoms with Gasteiger partial charge in [-0.3, -0.25) is 0 Å². The molecule has 0 radical (unpaired) electrons. The Morgan fingerprint density at radius 1 is 1.33 bits per heavy atom. The number of rotatable bonds is 3. The number of nitrogens with one attached hydrogen (secondary N) is 1. The Hall–Kier alpha value is -2.04. The Bertz CT molecular complexity index is 483. The molecule has 0 aliphatic heterocycles. The summed E-state index contributed by atoms with van der Waals surface area (Å²) in [6.07, 6.45) is 0. The predicted octanol–water partition coefficient (Wildman–Crippen LogP) is 2.49. The molecule has 0 aliphatic rings. The Morgan fingerprint density at radius 2 is 1.94 bits per heavy atom. The molecule has 0 bridgehead atoms. The second-order valence-corrected chi connectivity index (χ2v) is 4.22. The van der Waals surface area contributed by atoms with Gasteiger partial charge in [-0.2, -0.15) is 0 Å². The number of amides is 2. The van der Waals surface area contributed by atoms with E-state index in [0.29, 0.717) is 17.8 Å². The van der Waals surface area contributed by atoms with Crippen LogP contribution in [0.1, 0.15) is 28.4 Å². The SMILES string of the molecule is CCN(C)C(=O)Nc1cc(C)c(C)c(C(=O)O)c1. The van der Waals surface area contributed by atoms with Gasteiger partial charge in [0.1, 0.15) is 0 Å². The van der Waals surface area contributed by atoms with Crippen LogP contribution in [0.2, 0.25) is 0 Å². The third-order valence-corrected chi connectivity index (χ3v) is 2.97. The van der Waals surface area contributed by atoms with Gasteiger partial charge in [-0.1, -0.05) is 0 Å². The number of carboxylic acids is 1. The second kappa shape index (κ2) is 5.53. The number of aromatic carboxylic acids is 1. The molecule has 0 saturated heterocycles. The third kappa shape index (κ3) is 3.00. The Labute approximate surface area is 106 Å². The van der Waals surface area contributed by atoms with Crippen molar-refractivity contribution in [2.75, 3.05) is 18.9 Å². The third-order valence-electron chi connectivity index (χ3n) is 2.97. The summed E-state index contributed by atoms with van der Waals surface area (Å²) in [4.78, 5) is 24.3. The smallest absolute Gasteiger partial charge is 0.336 e. The van der Waals surface area contributed by atoms with Crippen molar-refractivity contribution < 1.29 is 14.7 Å². The first-order chi connectivity index (χ1) is 8.36. The standard InChI is InChI=1S/C13H18N2O3/c1-5-15(4)13(18)14-10-6-8(2)9(3)11(7-10)12(16)17/h6-7H,5H2,1-4H3,(H,14,18)(H,16,17). The molecule has 0 heterocycles. The highest BCUT2D eigenvalue weighted by Crippen LogP contribution is 2.20.